The Hall–Kier alpha value is -1.26. The van der Waals surface area contributed by atoms with Gasteiger partial charge < -0.3 is 9.84 Å². The van der Waals surface area contributed by atoms with Crippen LogP contribution in [0.5, 0.6) is 0 Å². The Labute approximate surface area is 134 Å². The number of carboxylic acid groups (broad SMARTS) is 1. The topological polar surface area (TPSA) is 75.6 Å². The van der Waals surface area contributed by atoms with E-state index >= 15 is 0 Å². The lowest BCUT2D eigenvalue weighted by Crippen LogP contribution is -2.37. The molecule has 0 bridgehead atoms. The number of nitrogens with one attached hydrogen (secondary N) is 1. The first-order chi connectivity index (χ1) is 10.6. The van der Waals surface area contributed by atoms with Gasteiger partial charge in [0.2, 0.25) is 0 Å². The quantitative estimate of drug-likeness (QED) is 0.273. The summed E-state index contributed by atoms with van der Waals surface area (Å²) in [6.45, 7) is 4.14. The fourth-order valence-electron chi connectivity index (χ4n) is 2.36. The molecule has 1 unspecified atom stereocenters. The van der Waals surface area contributed by atoms with Crippen LogP contribution in [0.3, 0.4) is 0 Å². The number of unbranched alkanes of at least 4 members (excludes halogenated alkanes) is 8. The average Bonchev–Trinajstić information content (AvgIpc) is 2.45. The van der Waals surface area contributed by atoms with E-state index in [1.165, 1.54) is 38.5 Å². The standard InChI is InChI=1S/C17H33NO4/c1-3-5-6-7-8-9-10-11-12-14-16(19)22-15(13-4-2)18-17(20)21/h15,18H,3-14H2,1-2H3,(H,20,21). The number of carbonyl (C=O) groups excluding carboxylic acids is 1. The van der Waals surface area contributed by atoms with Gasteiger partial charge in [0, 0.05) is 12.8 Å². The van der Waals surface area contributed by atoms with Crippen molar-refractivity contribution in [3.8, 4) is 0 Å². The second-order valence-corrected chi connectivity index (χ2v) is 5.80. The molecule has 5 nitrogen and oxygen atoms in total. The predicted molar refractivity (Wildman–Crippen MR) is 87.8 cm³/mol. The Kier molecular flexibility index (Phi) is 13.8. The van der Waals surface area contributed by atoms with E-state index in [0.717, 1.165) is 25.7 Å². The first-order valence-electron chi connectivity index (χ1n) is 8.79. The number of esters is 1. The molecule has 0 fully saturated rings. The maximum atomic E-state index is 11.7. The Morgan fingerprint density at radius 2 is 1.45 bits per heavy atom. The number of hydrogen-bond acceptors (Lipinski definition) is 3. The first kappa shape index (κ1) is 20.7. The molecule has 1 atom stereocenters. The normalized spacial score (nSPS) is 11.9. The van der Waals surface area contributed by atoms with Gasteiger partial charge in [0.25, 0.3) is 0 Å². The molecule has 130 valence electrons. The van der Waals surface area contributed by atoms with Crippen molar-refractivity contribution < 1.29 is 19.4 Å². The van der Waals surface area contributed by atoms with Gasteiger partial charge in [-0.25, -0.2) is 4.79 Å². The van der Waals surface area contributed by atoms with Crippen LogP contribution in [0.1, 0.15) is 90.9 Å². The molecular weight excluding hydrogens is 282 g/mol. The number of hydrogen-bond donors (Lipinski definition) is 2. The Bertz CT molecular complexity index is 294. The minimum absolute atomic E-state index is 0.310. The van der Waals surface area contributed by atoms with E-state index in [9.17, 15) is 9.59 Å². The number of amides is 1. The van der Waals surface area contributed by atoms with Gasteiger partial charge in [-0.05, 0) is 6.42 Å². The molecule has 0 spiro atoms. The molecule has 22 heavy (non-hydrogen) atoms. The zero-order valence-electron chi connectivity index (χ0n) is 14.2. The molecule has 0 saturated carbocycles. The summed E-state index contributed by atoms with van der Waals surface area (Å²) < 4.78 is 5.14. The third-order valence-electron chi connectivity index (χ3n) is 3.59. The van der Waals surface area contributed by atoms with Crippen molar-refractivity contribution >= 4 is 12.1 Å². The lowest BCUT2D eigenvalue weighted by Gasteiger charge is -2.16. The predicted octanol–water partition coefficient (Wildman–Crippen LogP) is 4.84. The van der Waals surface area contributed by atoms with Crippen LogP contribution in [-0.4, -0.2) is 23.4 Å². The Balaban J connectivity index is 3.56. The molecule has 5 heteroatoms. The van der Waals surface area contributed by atoms with Crippen LogP contribution in [0.25, 0.3) is 0 Å². The monoisotopic (exact) mass is 315 g/mol. The highest BCUT2D eigenvalue weighted by atomic mass is 16.6. The van der Waals surface area contributed by atoms with Gasteiger partial charge in [0.15, 0.2) is 6.23 Å². The van der Waals surface area contributed by atoms with Gasteiger partial charge in [-0.15, -0.1) is 0 Å². The highest BCUT2D eigenvalue weighted by molar-refractivity contribution is 5.70. The summed E-state index contributed by atoms with van der Waals surface area (Å²) in [6.07, 6.45) is 10.6. The van der Waals surface area contributed by atoms with Gasteiger partial charge in [-0.2, -0.15) is 0 Å². The summed E-state index contributed by atoms with van der Waals surface area (Å²) >= 11 is 0. The van der Waals surface area contributed by atoms with Crippen molar-refractivity contribution in [3.05, 3.63) is 0 Å². The number of rotatable bonds is 14. The molecule has 0 radical (unpaired) electrons. The van der Waals surface area contributed by atoms with Crippen molar-refractivity contribution in [1.29, 1.82) is 0 Å². The van der Waals surface area contributed by atoms with E-state index in [0.29, 0.717) is 12.8 Å². The maximum Gasteiger partial charge on any atom is 0.407 e. The van der Waals surface area contributed by atoms with Crippen LogP contribution in [0.4, 0.5) is 4.79 Å². The molecule has 0 heterocycles. The summed E-state index contributed by atoms with van der Waals surface area (Å²) in [7, 11) is 0. The minimum atomic E-state index is -1.16. The molecule has 2 N–H and O–H groups in total. The third kappa shape index (κ3) is 13.7. The van der Waals surface area contributed by atoms with E-state index in [1.54, 1.807) is 0 Å². The van der Waals surface area contributed by atoms with Crippen LogP contribution in [0.15, 0.2) is 0 Å². The molecule has 0 aliphatic heterocycles. The number of carbonyl (C=O) groups is 2. The number of ether oxygens (including phenoxy) is 1. The van der Waals surface area contributed by atoms with Crippen LogP contribution in [0.2, 0.25) is 0 Å². The van der Waals surface area contributed by atoms with Crippen molar-refractivity contribution in [2.24, 2.45) is 0 Å². The minimum Gasteiger partial charge on any atom is -0.465 e. The smallest absolute Gasteiger partial charge is 0.407 e. The zero-order valence-corrected chi connectivity index (χ0v) is 14.2. The summed E-state index contributed by atoms with van der Waals surface area (Å²) in [6, 6.07) is 0. The fourth-order valence-corrected chi connectivity index (χ4v) is 2.36. The molecule has 0 saturated heterocycles. The highest BCUT2D eigenvalue weighted by Gasteiger charge is 2.15. The largest absolute Gasteiger partial charge is 0.465 e. The van der Waals surface area contributed by atoms with E-state index in [4.69, 9.17) is 9.84 Å². The van der Waals surface area contributed by atoms with E-state index in [1.807, 2.05) is 6.92 Å². The SMILES string of the molecule is CCCCCCCCCCCC(=O)OC(CCC)NC(=O)O. The first-order valence-corrected chi connectivity index (χ1v) is 8.79. The van der Waals surface area contributed by atoms with E-state index < -0.39 is 12.3 Å². The maximum absolute atomic E-state index is 11.7. The van der Waals surface area contributed by atoms with Gasteiger partial charge >= 0.3 is 12.1 Å². The highest BCUT2D eigenvalue weighted by Crippen LogP contribution is 2.11. The summed E-state index contributed by atoms with van der Waals surface area (Å²) in [5, 5.41) is 10.9. The summed E-state index contributed by atoms with van der Waals surface area (Å²) in [5.74, 6) is -0.310. The molecule has 1 amide bonds. The fraction of sp³-hybridized carbons (Fsp3) is 0.882. The van der Waals surface area contributed by atoms with Crippen molar-refractivity contribution in [3.63, 3.8) is 0 Å². The zero-order chi connectivity index (χ0) is 16.6. The molecule has 0 aliphatic rings. The van der Waals surface area contributed by atoms with Crippen LogP contribution in [0, 0.1) is 0 Å². The molecule has 0 rings (SSSR count). The van der Waals surface area contributed by atoms with Crippen molar-refractivity contribution in [1.82, 2.24) is 5.32 Å². The van der Waals surface area contributed by atoms with E-state index in [-0.39, 0.29) is 5.97 Å². The average molecular weight is 315 g/mol. The van der Waals surface area contributed by atoms with E-state index in [2.05, 4.69) is 12.2 Å². The molecule has 0 aromatic rings. The Morgan fingerprint density at radius 3 is 1.95 bits per heavy atom. The molecular formula is C17H33NO4. The molecule has 0 aromatic heterocycles. The summed E-state index contributed by atoms with van der Waals surface area (Å²) in [5.41, 5.74) is 0. The lowest BCUT2D eigenvalue weighted by atomic mass is 10.1. The van der Waals surface area contributed by atoms with Gasteiger partial charge in [-0.1, -0.05) is 71.6 Å². The van der Waals surface area contributed by atoms with Crippen LogP contribution in [-0.2, 0) is 9.53 Å². The Morgan fingerprint density at radius 1 is 0.909 bits per heavy atom. The summed E-state index contributed by atoms with van der Waals surface area (Å²) in [4.78, 5) is 22.3. The van der Waals surface area contributed by atoms with Crippen molar-refractivity contribution in [2.45, 2.75) is 97.1 Å². The second-order valence-electron chi connectivity index (χ2n) is 5.80. The van der Waals surface area contributed by atoms with Crippen LogP contribution >= 0.6 is 0 Å². The second kappa shape index (κ2) is 14.7. The van der Waals surface area contributed by atoms with Gasteiger partial charge in [0.1, 0.15) is 0 Å². The van der Waals surface area contributed by atoms with Crippen molar-refractivity contribution in [2.75, 3.05) is 0 Å². The third-order valence-corrected chi connectivity index (χ3v) is 3.59. The molecule has 0 aliphatic carbocycles. The lowest BCUT2D eigenvalue weighted by molar-refractivity contribution is -0.150. The van der Waals surface area contributed by atoms with Gasteiger partial charge in [-0.3, -0.25) is 10.1 Å². The van der Waals surface area contributed by atoms with Crippen LogP contribution < -0.4 is 5.32 Å². The van der Waals surface area contributed by atoms with Gasteiger partial charge in [0.05, 0.1) is 0 Å². The molecule has 0 aromatic carbocycles.